The lowest BCUT2D eigenvalue weighted by Crippen LogP contribution is -2.36. The van der Waals surface area contributed by atoms with Crippen LogP contribution in [0.1, 0.15) is 24.0 Å². The number of rotatable bonds is 5. The van der Waals surface area contributed by atoms with Gasteiger partial charge < -0.3 is 4.90 Å². The SMILES string of the molecule is O=C(C1CC1)N1CCc2ccc(NS(=O)(=O)c3cccc([N+](=O)[O-])c3)cc2C1. The summed E-state index contributed by atoms with van der Waals surface area (Å²) in [6.45, 7) is 1.15. The molecule has 2 aromatic rings. The first-order valence-electron chi connectivity index (χ1n) is 9.01. The molecule has 2 aliphatic rings. The molecule has 1 aliphatic heterocycles. The van der Waals surface area contributed by atoms with E-state index in [4.69, 9.17) is 0 Å². The molecule has 1 saturated carbocycles. The van der Waals surface area contributed by atoms with Crippen LogP contribution in [0.3, 0.4) is 0 Å². The quantitative estimate of drug-likeness (QED) is 0.612. The molecule has 0 spiro atoms. The smallest absolute Gasteiger partial charge is 0.270 e. The summed E-state index contributed by atoms with van der Waals surface area (Å²) in [7, 11) is -3.96. The number of non-ortho nitro benzene ring substituents is 1. The minimum absolute atomic E-state index is 0.150. The van der Waals surface area contributed by atoms with Gasteiger partial charge in [0.2, 0.25) is 5.91 Å². The molecule has 0 saturated heterocycles. The molecule has 8 nitrogen and oxygen atoms in total. The van der Waals surface area contributed by atoms with Gasteiger partial charge in [-0.2, -0.15) is 0 Å². The summed E-state index contributed by atoms with van der Waals surface area (Å²) in [4.78, 5) is 24.2. The number of hydrogen-bond acceptors (Lipinski definition) is 5. The molecule has 0 atom stereocenters. The number of nitro groups is 1. The average Bonchev–Trinajstić information content (AvgIpc) is 3.52. The van der Waals surface area contributed by atoms with Crippen molar-refractivity contribution in [2.75, 3.05) is 11.3 Å². The maximum atomic E-state index is 12.6. The van der Waals surface area contributed by atoms with Gasteiger partial charge in [-0.05, 0) is 48.6 Å². The Kier molecular flexibility index (Phi) is 4.54. The number of anilines is 1. The lowest BCUT2D eigenvalue weighted by molar-refractivity contribution is -0.385. The topological polar surface area (TPSA) is 110 Å². The van der Waals surface area contributed by atoms with Crippen LogP contribution in [0.2, 0.25) is 0 Å². The van der Waals surface area contributed by atoms with E-state index in [0.29, 0.717) is 18.8 Å². The maximum absolute atomic E-state index is 12.6. The maximum Gasteiger partial charge on any atom is 0.270 e. The monoisotopic (exact) mass is 401 g/mol. The fourth-order valence-electron chi connectivity index (χ4n) is 3.38. The number of benzene rings is 2. The second-order valence-electron chi connectivity index (χ2n) is 7.13. The van der Waals surface area contributed by atoms with E-state index in [1.54, 1.807) is 12.1 Å². The second-order valence-corrected chi connectivity index (χ2v) is 8.81. The third kappa shape index (κ3) is 3.70. The first-order valence-corrected chi connectivity index (χ1v) is 10.5. The van der Waals surface area contributed by atoms with Gasteiger partial charge in [0.05, 0.1) is 9.82 Å². The Labute approximate surface area is 162 Å². The molecule has 1 N–H and O–H groups in total. The van der Waals surface area contributed by atoms with Gasteiger partial charge in [0.1, 0.15) is 0 Å². The van der Waals surface area contributed by atoms with Crippen molar-refractivity contribution in [3.63, 3.8) is 0 Å². The van der Waals surface area contributed by atoms with Gasteiger partial charge >= 0.3 is 0 Å². The molecular weight excluding hydrogens is 382 g/mol. The van der Waals surface area contributed by atoms with Gasteiger partial charge in [-0.15, -0.1) is 0 Å². The van der Waals surface area contributed by atoms with Crippen molar-refractivity contribution in [2.45, 2.75) is 30.7 Å². The molecule has 28 heavy (non-hydrogen) atoms. The van der Waals surface area contributed by atoms with Crippen molar-refractivity contribution in [3.8, 4) is 0 Å². The van der Waals surface area contributed by atoms with Crippen LogP contribution in [0, 0.1) is 16.0 Å². The van der Waals surface area contributed by atoms with Gasteiger partial charge in [0, 0.05) is 36.8 Å². The summed E-state index contributed by atoms with van der Waals surface area (Å²) < 4.78 is 27.7. The van der Waals surface area contributed by atoms with E-state index in [2.05, 4.69) is 4.72 Å². The summed E-state index contributed by atoms with van der Waals surface area (Å²) in [5.41, 5.74) is 2.09. The fraction of sp³-hybridized carbons (Fsp3) is 0.316. The van der Waals surface area contributed by atoms with Crippen molar-refractivity contribution >= 4 is 27.3 Å². The van der Waals surface area contributed by atoms with Gasteiger partial charge in [-0.1, -0.05) is 12.1 Å². The molecule has 0 radical (unpaired) electrons. The van der Waals surface area contributed by atoms with Crippen molar-refractivity contribution in [1.29, 1.82) is 0 Å². The van der Waals surface area contributed by atoms with Crippen LogP contribution in [0.4, 0.5) is 11.4 Å². The number of nitrogens with one attached hydrogen (secondary N) is 1. The highest BCUT2D eigenvalue weighted by Gasteiger charge is 2.34. The summed E-state index contributed by atoms with van der Waals surface area (Å²) in [5.74, 6) is 0.324. The molecule has 0 bridgehead atoms. The predicted molar refractivity (Wildman–Crippen MR) is 102 cm³/mol. The highest BCUT2D eigenvalue weighted by molar-refractivity contribution is 7.92. The molecule has 0 aromatic heterocycles. The lowest BCUT2D eigenvalue weighted by Gasteiger charge is -2.29. The van der Waals surface area contributed by atoms with Crippen LogP contribution in [0.25, 0.3) is 0 Å². The Hall–Kier alpha value is -2.94. The van der Waals surface area contributed by atoms with Gasteiger partial charge in [-0.3, -0.25) is 19.6 Å². The number of carbonyl (C=O) groups is 1. The molecule has 146 valence electrons. The van der Waals surface area contributed by atoms with Crippen LogP contribution in [-0.2, 0) is 27.8 Å². The Bertz CT molecular complexity index is 1060. The molecule has 4 rings (SSSR count). The average molecular weight is 401 g/mol. The van der Waals surface area contributed by atoms with Crippen LogP contribution in [0.5, 0.6) is 0 Å². The van der Waals surface area contributed by atoms with E-state index >= 15 is 0 Å². The van der Waals surface area contributed by atoms with E-state index in [1.165, 1.54) is 18.2 Å². The molecule has 1 amide bonds. The van der Waals surface area contributed by atoms with Crippen LogP contribution < -0.4 is 4.72 Å². The van der Waals surface area contributed by atoms with E-state index in [1.807, 2.05) is 11.0 Å². The lowest BCUT2D eigenvalue weighted by atomic mass is 9.99. The van der Waals surface area contributed by atoms with Gasteiger partial charge in [0.15, 0.2) is 0 Å². The molecule has 1 heterocycles. The largest absolute Gasteiger partial charge is 0.338 e. The number of amides is 1. The highest BCUT2D eigenvalue weighted by Crippen LogP contribution is 2.33. The Morgan fingerprint density at radius 1 is 1.14 bits per heavy atom. The zero-order chi connectivity index (χ0) is 19.9. The number of nitro benzene ring substituents is 1. The molecule has 1 aliphatic carbocycles. The van der Waals surface area contributed by atoms with Crippen molar-refractivity contribution in [3.05, 3.63) is 63.7 Å². The van der Waals surface area contributed by atoms with Gasteiger partial charge in [-0.25, -0.2) is 8.42 Å². The van der Waals surface area contributed by atoms with E-state index in [9.17, 15) is 23.3 Å². The molecule has 1 fully saturated rings. The minimum Gasteiger partial charge on any atom is -0.338 e. The zero-order valence-corrected chi connectivity index (χ0v) is 15.8. The summed E-state index contributed by atoms with van der Waals surface area (Å²) in [6.07, 6.45) is 2.64. The van der Waals surface area contributed by atoms with E-state index in [-0.39, 0.29) is 22.4 Å². The third-order valence-corrected chi connectivity index (χ3v) is 6.43. The van der Waals surface area contributed by atoms with E-state index in [0.717, 1.165) is 36.5 Å². The fourth-order valence-corrected chi connectivity index (χ4v) is 4.46. The molecular formula is C19H19N3O5S. The number of carbonyl (C=O) groups excluding carboxylic acids is 1. The summed E-state index contributed by atoms with van der Waals surface area (Å²) in [6, 6.07) is 10.2. The van der Waals surface area contributed by atoms with Crippen LogP contribution >= 0.6 is 0 Å². The number of fused-ring (bicyclic) bond motifs is 1. The van der Waals surface area contributed by atoms with E-state index < -0.39 is 14.9 Å². The third-order valence-electron chi connectivity index (χ3n) is 5.05. The highest BCUT2D eigenvalue weighted by atomic mass is 32.2. The van der Waals surface area contributed by atoms with Crippen LogP contribution in [-0.4, -0.2) is 30.7 Å². The Morgan fingerprint density at radius 2 is 1.93 bits per heavy atom. The van der Waals surface area contributed by atoms with Crippen LogP contribution in [0.15, 0.2) is 47.4 Å². The Balaban J connectivity index is 1.55. The zero-order valence-electron chi connectivity index (χ0n) is 15.0. The normalized spacial score (nSPS) is 16.4. The van der Waals surface area contributed by atoms with Crippen molar-refractivity contribution in [1.82, 2.24) is 4.90 Å². The summed E-state index contributed by atoms with van der Waals surface area (Å²) in [5, 5.41) is 10.9. The first-order chi connectivity index (χ1) is 13.3. The standard InChI is InChI=1S/C19H19N3O5S/c23-19(14-4-5-14)21-9-8-13-6-7-16(10-15(13)12-21)20-28(26,27)18-3-1-2-17(11-18)22(24)25/h1-3,6-7,10-11,14,20H,4-5,8-9,12H2. The van der Waals surface area contributed by atoms with Gasteiger partial charge in [0.25, 0.3) is 15.7 Å². The number of sulfonamides is 1. The number of hydrogen-bond donors (Lipinski definition) is 1. The minimum atomic E-state index is -3.96. The summed E-state index contributed by atoms with van der Waals surface area (Å²) >= 11 is 0. The first kappa shape index (κ1) is 18.4. The molecule has 9 heteroatoms. The predicted octanol–water partition coefficient (Wildman–Crippen LogP) is 2.69. The van der Waals surface area contributed by atoms with Crippen molar-refractivity contribution < 1.29 is 18.1 Å². The molecule has 0 unspecified atom stereocenters. The second kappa shape index (κ2) is 6.90. The van der Waals surface area contributed by atoms with Crippen molar-refractivity contribution in [2.24, 2.45) is 5.92 Å². The Morgan fingerprint density at radius 3 is 2.64 bits per heavy atom. The molecule has 2 aromatic carbocycles. The number of nitrogens with zero attached hydrogens (tertiary/aromatic N) is 2.